The standard InChI is InChI=1S/C29H48INO6Si2.C26H41NO6Si/c1-20(2)24(36-39(12,13)27(4,5)6)29(26(33)35-9)28(7,37-38(10,11)19-30)21(3)25(32)31(29)18-22-14-16-23(34-8)17-15-22;1-17(2)21(33-34(10,11)24(4,5)6)26(23(29)32-9)25(7,30)18(3)22(28)27(26)16-19-12-14-20(31-8)15-13-19/h14-17,20,24H,3,18-19H2,1-2,4-13H3;12-15,17,21,30H,3,16H2,1-2,4-11H3/t24-,28-,29-;21-,25-,26-/m00/s1. The van der Waals surface area contributed by atoms with E-state index < -0.39 is 77.3 Å². The Balaban J connectivity index is 0.000000389. The second-order valence-electron chi connectivity index (χ2n) is 24.1. The topological polar surface area (TPSA) is 160 Å². The van der Waals surface area contributed by atoms with Crippen LogP contribution in [0.25, 0.3) is 0 Å². The normalized spacial score (nSPS) is 23.9. The number of benzene rings is 2. The number of hydrogen-bond donors (Lipinski definition) is 1. The van der Waals surface area contributed by atoms with Gasteiger partial charge in [0.25, 0.3) is 11.8 Å². The maximum absolute atomic E-state index is 14.4. The Kier molecular flexibility index (Phi) is 20.2. The minimum absolute atomic E-state index is 0.0594. The highest BCUT2D eigenvalue weighted by molar-refractivity contribution is 14.1. The molecule has 2 aromatic carbocycles. The summed E-state index contributed by atoms with van der Waals surface area (Å²) < 4.78 is 43.2. The number of nitrogens with zero attached hydrogens (tertiary/aromatic N) is 2. The minimum Gasteiger partial charge on any atom is -0.497 e. The molecule has 2 saturated heterocycles. The number of alkyl halides is 1. The molecule has 2 aliphatic rings. The Bertz CT molecular complexity index is 2320. The summed E-state index contributed by atoms with van der Waals surface area (Å²) in [5.74, 6) is -1.11. The molecule has 0 aromatic heterocycles. The van der Waals surface area contributed by atoms with E-state index in [0.29, 0.717) is 11.5 Å². The highest BCUT2D eigenvalue weighted by Crippen LogP contribution is 2.55. The second kappa shape index (κ2) is 23.1. The highest BCUT2D eigenvalue weighted by atomic mass is 127. The van der Waals surface area contributed by atoms with Gasteiger partial charge in [-0.1, -0.05) is 129 Å². The van der Waals surface area contributed by atoms with E-state index in [0.717, 1.165) is 15.2 Å². The van der Waals surface area contributed by atoms with Crippen molar-refractivity contribution in [3.63, 3.8) is 0 Å². The quantitative estimate of drug-likeness (QED) is 0.0467. The average molecular weight is 1180 g/mol. The van der Waals surface area contributed by atoms with Crippen LogP contribution in [-0.2, 0) is 55.0 Å². The molecule has 73 heavy (non-hydrogen) atoms. The van der Waals surface area contributed by atoms with E-state index in [-0.39, 0.29) is 52.1 Å². The third-order valence-electron chi connectivity index (χ3n) is 15.8. The van der Waals surface area contributed by atoms with Crippen LogP contribution in [0.4, 0.5) is 0 Å². The van der Waals surface area contributed by atoms with Crippen molar-refractivity contribution in [3.05, 3.63) is 84.0 Å². The van der Waals surface area contributed by atoms with Gasteiger partial charge >= 0.3 is 11.9 Å². The van der Waals surface area contributed by atoms with Crippen LogP contribution >= 0.6 is 22.6 Å². The molecule has 4 rings (SSSR count). The molecule has 2 aliphatic heterocycles. The van der Waals surface area contributed by atoms with Gasteiger partial charge in [-0.15, -0.1) is 0 Å². The monoisotopic (exact) mass is 1180 g/mol. The van der Waals surface area contributed by atoms with E-state index in [9.17, 15) is 24.3 Å². The zero-order valence-electron chi connectivity index (χ0n) is 48.2. The minimum atomic E-state index is -2.45. The summed E-state index contributed by atoms with van der Waals surface area (Å²) >= 11 is 2.32. The largest absolute Gasteiger partial charge is 0.497 e. The van der Waals surface area contributed by atoms with Gasteiger partial charge in [0.05, 0.1) is 40.6 Å². The molecule has 14 nitrogen and oxygen atoms in total. The molecule has 2 aromatic rings. The first kappa shape index (κ1) is 63.9. The summed E-state index contributed by atoms with van der Waals surface area (Å²) in [6, 6.07) is 14.7. The van der Waals surface area contributed by atoms with Gasteiger partial charge in [-0.05, 0) is 110 Å². The molecule has 410 valence electrons. The van der Waals surface area contributed by atoms with E-state index in [1.807, 2.05) is 71.0 Å². The third kappa shape index (κ3) is 12.0. The van der Waals surface area contributed by atoms with Crippen molar-refractivity contribution in [1.29, 1.82) is 0 Å². The number of ether oxygens (including phenoxy) is 4. The van der Waals surface area contributed by atoms with Crippen molar-refractivity contribution < 1.29 is 56.5 Å². The Morgan fingerprint density at radius 3 is 1.27 bits per heavy atom. The van der Waals surface area contributed by atoms with Crippen molar-refractivity contribution in [2.45, 2.75) is 180 Å². The van der Waals surface area contributed by atoms with Crippen molar-refractivity contribution in [2.24, 2.45) is 11.8 Å². The fourth-order valence-electron chi connectivity index (χ4n) is 9.39. The first-order valence-corrected chi connectivity index (χ1v) is 35.5. The molecule has 0 saturated carbocycles. The lowest BCUT2D eigenvalue weighted by Gasteiger charge is -2.54. The van der Waals surface area contributed by atoms with Crippen LogP contribution in [0.5, 0.6) is 11.5 Å². The molecule has 0 bridgehead atoms. The van der Waals surface area contributed by atoms with Crippen LogP contribution in [0.1, 0.15) is 94.2 Å². The molecule has 2 heterocycles. The smallest absolute Gasteiger partial charge is 0.337 e. The first-order valence-electron chi connectivity index (χ1n) is 25.0. The number of esters is 2. The van der Waals surface area contributed by atoms with Gasteiger partial charge in [0.15, 0.2) is 36.0 Å². The van der Waals surface area contributed by atoms with E-state index in [4.69, 9.17) is 32.2 Å². The predicted molar refractivity (Wildman–Crippen MR) is 305 cm³/mol. The fourth-order valence-corrected chi connectivity index (χ4v) is 14.2. The number of halogens is 1. The molecule has 2 amide bonds. The highest BCUT2D eigenvalue weighted by Gasteiger charge is 2.75. The summed E-state index contributed by atoms with van der Waals surface area (Å²) in [6.45, 7) is 45.1. The van der Waals surface area contributed by atoms with Gasteiger partial charge < -0.3 is 47.1 Å². The molecule has 18 heteroatoms. The van der Waals surface area contributed by atoms with Crippen LogP contribution in [0.2, 0.25) is 49.4 Å². The van der Waals surface area contributed by atoms with Crippen LogP contribution in [0.15, 0.2) is 72.8 Å². The average Bonchev–Trinajstić information content (AvgIpc) is 3.55. The Morgan fingerprint density at radius 2 is 0.959 bits per heavy atom. The Hall–Kier alpha value is -3.38. The predicted octanol–water partition coefficient (Wildman–Crippen LogP) is 10.8. The number of rotatable bonds is 19. The zero-order valence-corrected chi connectivity index (χ0v) is 53.3. The molecule has 1 N–H and O–H groups in total. The third-order valence-corrected chi connectivity index (χ3v) is 31.8. The summed E-state index contributed by atoms with van der Waals surface area (Å²) in [7, 11) is -1.44. The second-order valence-corrected chi connectivity index (χ2v) is 39.9. The fraction of sp³-hybridized carbons (Fsp3) is 0.636. The zero-order chi connectivity index (χ0) is 56.5. The maximum atomic E-state index is 14.4. The van der Waals surface area contributed by atoms with E-state index in [1.165, 1.54) is 26.0 Å². The molecule has 0 spiro atoms. The van der Waals surface area contributed by atoms with Gasteiger partial charge in [0, 0.05) is 28.3 Å². The van der Waals surface area contributed by atoms with Crippen LogP contribution in [-0.4, -0.2) is 131 Å². The number of amides is 2. The molecule has 2 fully saturated rings. The summed E-state index contributed by atoms with van der Waals surface area (Å²) in [5.41, 5.74) is -4.91. The van der Waals surface area contributed by atoms with Gasteiger partial charge in [-0.2, -0.15) is 0 Å². The number of likely N-dealkylation sites (tertiary alicyclic amines) is 2. The lowest BCUT2D eigenvalue weighted by atomic mass is 9.72. The van der Waals surface area contributed by atoms with Crippen LogP contribution in [0, 0.1) is 11.8 Å². The van der Waals surface area contributed by atoms with Gasteiger partial charge in [0.1, 0.15) is 22.7 Å². The number of aliphatic hydroxyl groups is 1. The molecular weight excluding hydrogens is 1090 g/mol. The van der Waals surface area contributed by atoms with Crippen molar-refractivity contribution in [2.75, 3.05) is 32.5 Å². The van der Waals surface area contributed by atoms with Gasteiger partial charge in [-0.3, -0.25) is 9.59 Å². The summed E-state index contributed by atoms with van der Waals surface area (Å²) in [5, 5.41) is 11.6. The maximum Gasteiger partial charge on any atom is 0.337 e. The van der Waals surface area contributed by atoms with Crippen LogP contribution < -0.4 is 9.47 Å². The number of methoxy groups -OCH3 is 4. The molecule has 0 unspecified atom stereocenters. The lowest BCUT2D eigenvalue weighted by Crippen LogP contribution is -2.74. The number of carbonyl (C=O) groups is 4. The molecular formula is C55H89IN2O12Si3. The van der Waals surface area contributed by atoms with E-state index in [1.54, 1.807) is 31.3 Å². The lowest BCUT2D eigenvalue weighted by molar-refractivity contribution is -0.185. The van der Waals surface area contributed by atoms with Crippen LogP contribution in [0.3, 0.4) is 0 Å². The van der Waals surface area contributed by atoms with Gasteiger partial charge in [0.2, 0.25) is 0 Å². The first-order chi connectivity index (χ1) is 33.2. The van der Waals surface area contributed by atoms with E-state index in [2.05, 4.69) is 117 Å². The molecule has 0 aliphatic carbocycles. The van der Waals surface area contributed by atoms with Crippen molar-refractivity contribution in [3.8, 4) is 11.5 Å². The molecule has 0 radical (unpaired) electrons. The SMILES string of the molecule is C=C1C(=O)N(Cc2ccc(OC)cc2)[C@](C(=O)OC)([C@@H](O[Si](C)(C)C(C)(C)C)C(C)C)[C@@]1(C)O.C=C1C(=O)N(Cc2ccc(OC)cc2)[C@](C(=O)OC)([C@@H](O[Si](C)(C)C(C)(C)C)C(C)C)[C@@]1(C)O[Si](C)(C)CI. The number of hydrogen-bond acceptors (Lipinski definition) is 12. The summed E-state index contributed by atoms with van der Waals surface area (Å²) in [4.78, 5) is 58.9. The Labute approximate surface area is 454 Å². The van der Waals surface area contributed by atoms with E-state index >= 15 is 0 Å². The van der Waals surface area contributed by atoms with Gasteiger partial charge in [-0.25, -0.2) is 9.59 Å². The van der Waals surface area contributed by atoms with Crippen molar-refractivity contribution in [1.82, 2.24) is 9.80 Å². The Morgan fingerprint density at radius 1 is 0.630 bits per heavy atom. The molecule has 6 atom stereocenters. The summed E-state index contributed by atoms with van der Waals surface area (Å²) in [6.07, 6.45) is -1.55. The number of carbonyl (C=O) groups excluding carboxylic acids is 4. The van der Waals surface area contributed by atoms with Crippen molar-refractivity contribution >= 4 is 71.3 Å².